The first-order valence-electron chi connectivity index (χ1n) is 12.3. The smallest absolute Gasteiger partial charge is 0.276 e. The second kappa shape index (κ2) is 11.8. The van der Waals surface area contributed by atoms with Crippen molar-refractivity contribution in [2.45, 2.75) is 18.7 Å². The first kappa shape index (κ1) is 27.3. The maximum absolute atomic E-state index is 12.7. The number of aliphatic hydroxyl groups is 1. The average molecular weight is 536 g/mol. The number of ether oxygens (including phenoxy) is 1. The summed E-state index contributed by atoms with van der Waals surface area (Å²) in [6, 6.07) is 12.8. The number of imidazole rings is 1. The van der Waals surface area contributed by atoms with E-state index >= 15 is 0 Å². The third-order valence-corrected chi connectivity index (χ3v) is 8.19. The van der Waals surface area contributed by atoms with Gasteiger partial charge in [0.1, 0.15) is 17.0 Å². The number of nitrogens with one attached hydrogen (secondary N) is 1. The van der Waals surface area contributed by atoms with Crippen LogP contribution in [0, 0.1) is 0 Å². The molecule has 0 saturated heterocycles. The Kier molecular flexibility index (Phi) is 8.45. The van der Waals surface area contributed by atoms with Crippen LogP contribution < -0.4 is 15.6 Å². The SMILES string of the molecule is CC/S(=C(/C)O)c1ccc(Oc2cccc(C(=O)NCCN(C)C)c2)c(-c2cn(C)c(=O)c3cncn23)c1. The van der Waals surface area contributed by atoms with Crippen molar-refractivity contribution in [2.24, 2.45) is 7.05 Å². The highest BCUT2D eigenvalue weighted by Crippen LogP contribution is 2.39. The van der Waals surface area contributed by atoms with Crippen LogP contribution in [-0.2, 0) is 7.05 Å². The van der Waals surface area contributed by atoms with Gasteiger partial charge in [-0.3, -0.25) is 14.0 Å². The molecule has 0 fully saturated rings. The van der Waals surface area contributed by atoms with Gasteiger partial charge in [0.05, 0.1) is 23.3 Å². The molecule has 4 rings (SSSR count). The monoisotopic (exact) mass is 535 g/mol. The Balaban J connectivity index is 1.79. The summed E-state index contributed by atoms with van der Waals surface area (Å²) in [4.78, 5) is 32.5. The molecule has 1 amide bonds. The van der Waals surface area contributed by atoms with E-state index in [-0.39, 0.29) is 11.5 Å². The molecule has 2 N–H and O–H groups in total. The molecule has 0 radical (unpaired) electrons. The third-order valence-electron chi connectivity index (χ3n) is 6.08. The maximum atomic E-state index is 12.7. The van der Waals surface area contributed by atoms with E-state index in [0.29, 0.717) is 39.9 Å². The fraction of sp³-hybridized carbons (Fsp3) is 0.286. The number of aromatic nitrogens is 3. The van der Waals surface area contributed by atoms with Gasteiger partial charge in [-0.15, -0.1) is 10.5 Å². The van der Waals surface area contributed by atoms with Gasteiger partial charge >= 0.3 is 0 Å². The molecule has 2 aromatic carbocycles. The Hall–Kier alpha value is -3.73. The van der Waals surface area contributed by atoms with Crippen LogP contribution in [-0.4, -0.2) is 67.9 Å². The van der Waals surface area contributed by atoms with Gasteiger partial charge in [0.15, 0.2) is 0 Å². The lowest BCUT2D eigenvalue weighted by Crippen LogP contribution is -2.31. The number of carbonyl (C=O) groups is 1. The van der Waals surface area contributed by atoms with Crippen LogP contribution in [0.5, 0.6) is 11.5 Å². The number of hydrogen-bond acceptors (Lipinski definition) is 5. The Morgan fingerprint density at radius 1 is 1.21 bits per heavy atom. The largest absolute Gasteiger partial charge is 0.457 e. The molecule has 200 valence electrons. The van der Waals surface area contributed by atoms with E-state index < -0.39 is 10.5 Å². The van der Waals surface area contributed by atoms with Crippen LogP contribution in [0.1, 0.15) is 24.2 Å². The number of fused-ring (bicyclic) bond motifs is 1. The summed E-state index contributed by atoms with van der Waals surface area (Å²) in [5.41, 5.74) is 2.22. The number of benzene rings is 2. The number of rotatable bonds is 9. The Morgan fingerprint density at radius 2 is 2.00 bits per heavy atom. The van der Waals surface area contributed by atoms with Crippen molar-refractivity contribution in [3.8, 4) is 22.8 Å². The van der Waals surface area contributed by atoms with Gasteiger partial charge in [-0.1, -0.05) is 13.0 Å². The number of carbonyl (C=O) groups excluding carboxylic acids is 1. The molecule has 9 nitrogen and oxygen atoms in total. The molecule has 0 aliphatic rings. The van der Waals surface area contributed by atoms with Gasteiger partial charge in [-0.05, 0) is 63.2 Å². The van der Waals surface area contributed by atoms with E-state index in [1.54, 1.807) is 55.2 Å². The van der Waals surface area contributed by atoms with Crippen LogP contribution in [0.4, 0.5) is 0 Å². The number of nitrogens with zero attached hydrogens (tertiary/aromatic N) is 4. The highest BCUT2D eigenvalue weighted by molar-refractivity contribution is 8.15. The first-order valence-corrected chi connectivity index (χ1v) is 13.7. The van der Waals surface area contributed by atoms with E-state index in [9.17, 15) is 14.7 Å². The molecule has 0 saturated carbocycles. The summed E-state index contributed by atoms with van der Waals surface area (Å²) in [5.74, 6) is 1.63. The minimum atomic E-state index is -0.469. The summed E-state index contributed by atoms with van der Waals surface area (Å²) >= 11 is 0. The van der Waals surface area contributed by atoms with Gasteiger partial charge in [0.25, 0.3) is 11.5 Å². The number of hydrogen-bond donors (Lipinski definition) is 2. The van der Waals surface area contributed by atoms with Crippen LogP contribution in [0.3, 0.4) is 0 Å². The highest BCUT2D eigenvalue weighted by Gasteiger charge is 2.17. The normalized spacial score (nSPS) is 12.6. The van der Waals surface area contributed by atoms with Crippen molar-refractivity contribution < 1.29 is 14.6 Å². The molecule has 0 aliphatic heterocycles. The summed E-state index contributed by atoms with van der Waals surface area (Å²) in [7, 11) is 5.14. The lowest BCUT2D eigenvalue weighted by molar-refractivity contribution is 0.0950. The summed E-state index contributed by atoms with van der Waals surface area (Å²) in [6.07, 6.45) is 4.89. The zero-order valence-electron chi connectivity index (χ0n) is 22.3. The van der Waals surface area contributed by atoms with E-state index in [1.165, 1.54) is 10.8 Å². The van der Waals surface area contributed by atoms with Crippen molar-refractivity contribution in [3.63, 3.8) is 0 Å². The van der Waals surface area contributed by atoms with Crippen LogP contribution >= 0.6 is 10.5 Å². The van der Waals surface area contributed by atoms with E-state index in [2.05, 4.69) is 10.3 Å². The van der Waals surface area contributed by atoms with Gasteiger partial charge in [0, 0.05) is 42.4 Å². The van der Waals surface area contributed by atoms with Crippen LogP contribution in [0.25, 0.3) is 16.8 Å². The standard InChI is InChI=1S/C28H33N5O4S/c1-6-38(19(2)34)22-10-11-26(23(15-22)25-17-32(5)28(36)24-16-29-18-33(24)25)37-21-9-7-8-20(14-21)27(35)30-12-13-31(3)4/h7-11,14-18,34H,6,12-13H2,1-5H3,(H,30,35). The fourth-order valence-corrected chi connectivity index (χ4v) is 5.73. The lowest BCUT2D eigenvalue weighted by Gasteiger charge is -2.17. The van der Waals surface area contributed by atoms with Crippen molar-refractivity contribution in [2.75, 3.05) is 32.9 Å². The van der Waals surface area contributed by atoms with Crippen LogP contribution in [0.2, 0.25) is 0 Å². The molecule has 0 bridgehead atoms. The summed E-state index contributed by atoms with van der Waals surface area (Å²) in [5, 5.41) is 13.6. The predicted molar refractivity (Wildman–Crippen MR) is 153 cm³/mol. The third kappa shape index (κ3) is 5.88. The number of aryl methyl sites for hydroxylation is 1. The van der Waals surface area contributed by atoms with Gasteiger partial charge < -0.3 is 24.6 Å². The molecular weight excluding hydrogens is 502 g/mol. The summed E-state index contributed by atoms with van der Waals surface area (Å²) < 4.78 is 9.60. The highest BCUT2D eigenvalue weighted by atomic mass is 32.2. The molecule has 1 unspecified atom stereocenters. The lowest BCUT2D eigenvalue weighted by atomic mass is 10.1. The van der Waals surface area contributed by atoms with Crippen molar-refractivity contribution >= 4 is 27.0 Å². The van der Waals surface area contributed by atoms with Gasteiger partial charge in [0.2, 0.25) is 0 Å². The van der Waals surface area contributed by atoms with Crippen molar-refractivity contribution in [1.29, 1.82) is 0 Å². The zero-order chi connectivity index (χ0) is 27.4. The van der Waals surface area contributed by atoms with Gasteiger partial charge in [-0.2, -0.15) is 0 Å². The molecule has 4 aromatic rings. The molecular formula is C28H33N5O4S. The Labute approximate surface area is 224 Å². The zero-order valence-corrected chi connectivity index (χ0v) is 23.1. The number of amides is 1. The van der Waals surface area contributed by atoms with Crippen molar-refractivity contribution in [3.05, 3.63) is 77.1 Å². The van der Waals surface area contributed by atoms with Crippen LogP contribution in [0.15, 0.2) is 70.9 Å². The topological polar surface area (TPSA) is 101 Å². The van der Waals surface area contributed by atoms with E-state index in [1.807, 2.05) is 44.1 Å². The second-order valence-corrected chi connectivity index (χ2v) is 11.5. The molecule has 2 heterocycles. The maximum Gasteiger partial charge on any atom is 0.276 e. The van der Waals surface area contributed by atoms with E-state index in [0.717, 1.165) is 22.8 Å². The molecule has 1 atom stereocenters. The number of likely N-dealkylation sites (N-methyl/N-ethyl adjacent to an activating group) is 1. The van der Waals surface area contributed by atoms with Gasteiger partial charge in [-0.25, -0.2) is 4.98 Å². The first-order chi connectivity index (χ1) is 18.2. The quantitative estimate of drug-likeness (QED) is 0.313. The van der Waals surface area contributed by atoms with Crippen molar-refractivity contribution in [1.82, 2.24) is 24.2 Å². The summed E-state index contributed by atoms with van der Waals surface area (Å²) in [6.45, 7) is 5.02. The number of aliphatic hydroxyl groups excluding tert-OH is 1. The second-order valence-electron chi connectivity index (χ2n) is 9.12. The molecule has 2 aromatic heterocycles. The Bertz CT molecular complexity index is 1570. The molecule has 38 heavy (non-hydrogen) atoms. The minimum Gasteiger partial charge on any atom is -0.457 e. The fourth-order valence-electron chi connectivity index (χ4n) is 4.15. The molecule has 10 heteroatoms. The Morgan fingerprint density at radius 3 is 2.71 bits per heavy atom. The minimum absolute atomic E-state index is 0.161. The molecule has 0 aliphatic carbocycles. The molecule has 0 spiro atoms. The predicted octanol–water partition coefficient (Wildman–Crippen LogP) is 4.14. The average Bonchev–Trinajstić information content (AvgIpc) is 3.37. The van der Waals surface area contributed by atoms with E-state index in [4.69, 9.17) is 4.74 Å².